The van der Waals surface area contributed by atoms with Crippen LogP contribution in [0.2, 0.25) is 0 Å². The Morgan fingerprint density at radius 1 is 0.488 bits per heavy atom. The van der Waals surface area contributed by atoms with Gasteiger partial charge in [0.15, 0.2) is 0 Å². The van der Waals surface area contributed by atoms with Gasteiger partial charge in [-0.05, 0) is 89.3 Å². The molecule has 0 saturated heterocycles. The van der Waals surface area contributed by atoms with E-state index in [1.165, 1.54) is 65.0 Å². The minimum absolute atomic E-state index is 0.874. The number of rotatable bonds is 3. The Balaban J connectivity index is 1.39. The van der Waals surface area contributed by atoms with Gasteiger partial charge in [-0.1, -0.05) is 122 Å². The van der Waals surface area contributed by atoms with Crippen molar-refractivity contribution in [3.63, 3.8) is 0 Å². The van der Waals surface area contributed by atoms with Gasteiger partial charge in [0.05, 0.1) is 11.0 Å². The second-order valence-corrected chi connectivity index (χ2v) is 11.4. The van der Waals surface area contributed by atoms with E-state index in [0.717, 1.165) is 29.0 Å². The fourth-order valence-electron chi connectivity index (χ4n) is 7.24. The zero-order valence-corrected chi connectivity index (χ0v) is 23.9. The maximum atomic E-state index is 4.91. The molecule has 202 valence electrons. The summed E-state index contributed by atoms with van der Waals surface area (Å²) >= 11 is 0. The second kappa shape index (κ2) is 9.27. The van der Waals surface area contributed by atoms with E-state index in [9.17, 15) is 0 Å². The summed E-state index contributed by atoms with van der Waals surface area (Å²) in [5.41, 5.74) is 5.77. The topological polar surface area (TPSA) is 17.8 Å². The van der Waals surface area contributed by atoms with Gasteiger partial charge in [0.25, 0.3) is 0 Å². The average Bonchev–Trinajstić information content (AvgIpc) is 3.45. The Morgan fingerprint density at radius 2 is 1.05 bits per heavy atom. The van der Waals surface area contributed by atoms with E-state index in [1.807, 2.05) is 0 Å². The first-order valence-electron chi connectivity index (χ1n) is 15.0. The van der Waals surface area contributed by atoms with E-state index in [0.29, 0.717) is 0 Å². The molecule has 0 unspecified atom stereocenters. The van der Waals surface area contributed by atoms with Crippen LogP contribution in [0, 0.1) is 0 Å². The molecule has 1 aromatic heterocycles. The molecule has 9 rings (SSSR count). The average molecular weight is 549 g/mol. The summed E-state index contributed by atoms with van der Waals surface area (Å²) < 4.78 is 2.29. The normalized spacial score (nSPS) is 11.9. The lowest BCUT2D eigenvalue weighted by atomic mass is 9.88. The Morgan fingerprint density at radius 3 is 1.77 bits per heavy atom. The van der Waals surface area contributed by atoms with E-state index in [2.05, 4.69) is 151 Å². The van der Waals surface area contributed by atoms with Gasteiger partial charge in [0.2, 0.25) is 0 Å². The van der Waals surface area contributed by atoms with Gasteiger partial charge in [-0.15, -0.1) is 0 Å². The van der Waals surface area contributed by atoms with Crippen LogP contribution < -0.4 is 0 Å². The summed E-state index contributed by atoms with van der Waals surface area (Å²) in [6.07, 6.45) is 0.874. The summed E-state index contributed by atoms with van der Waals surface area (Å²) in [4.78, 5) is 4.91. The molecule has 0 bridgehead atoms. The summed E-state index contributed by atoms with van der Waals surface area (Å²) in [6, 6.07) is 51.2. The van der Waals surface area contributed by atoms with Gasteiger partial charge in [-0.3, -0.25) is 4.57 Å². The van der Waals surface area contributed by atoms with Crippen molar-refractivity contribution >= 4 is 64.9 Å². The van der Waals surface area contributed by atoms with Gasteiger partial charge in [0, 0.05) is 12.1 Å². The predicted octanol–water partition coefficient (Wildman–Crippen LogP) is 11.0. The number of benzene rings is 7. The maximum Gasteiger partial charge on any atom is 0.114 e. The van der Waals surface area contributed by atoms with Gasteiger partial charge < -0.3 is 0 Å². The van der Waals surface area contributed by atoms with Crippen molar-refractivity contribution in [3.05, 3.63) is 145 Å². The lowest BCUT2D eigenvalue weighted by Gasteiger charge is -2.16. The Bertz CT molecular complexity index is 2530. The highest BCUT2D eigenvalue weighted by molar-refractivity contribution is 6.34. The number of aryl methyl sites for hydroxylation is 1. The molecule has 1 heterocycles. The molecule has 0 atom stereocenters. The highest BCUT2D eigenvalue weighted by Gasteiger charge is 2.15. The van der Waals surface area contributed by atoms with Gasteiger partial charge in [0.1, 0.15) is 5.82 Å². The van der Waals surface area contributed by atoms with Crippen LogP contribution in [0.4, 0.5) is 0 Å². The Kier molecular flexibility index (Phi) is 5.21. The molecule has 0 saturated carbocycles. The van der Waals surface area contributed by atoms with Crippen LogP contribution >= 0.6 is 0 Å². The molecule has 0 amide bonds. The highest BCUT2D eigenvalue weighted by atomic mass is 15.1. The van der Waals surface area contributed by atoms with Crippen LogP contribution in [0.1, 0.15) is 12.7 Å². The minimum atomic E-state index is 0.874. The van der Waals surface area contributed by atoms with Crippen molar-refractivity contribution in [3.8, 4) is 16.8 Å². The van der Waals surface area contributed by atoms with Crippen LogP contribution in [0.5, 0.6) is 0 Å². The van der Waals surface area contributed by atoms with Crippen molar-refractivity contribution in [1.82, 2.24) is 9.55 Å². The van der Waals surface area contributed by atoms with Gasteiger partial charge in [-0.2, -0.15) is 0 Å². The summed E-state index contributed by atoms with van der Waals surface area (Å²) in [6.45, 7) is 2.17. The number of imidazole rings is 1. The third kappa shape index (κ3) is 3.50. The van der Waals surface area contributed by atoms with E-state index in [-0.39, 0.29) is 0 Å². The zero-order valence-electron chi connectivity index (χ0n) is 23.9. The summed E-state index contributed by atoms with van der Waals surface area (Å²) in [5, 5.41) is 12.9. The van der Waals surface area contributed by atoms with Crippen molar-refractivity contribution in [2.24, 2.45) is 0 Å². The number of hydrogen-bond acceptors (Lipinski definition) is 1. The van der Waals surface area contributed by atoms with E-state index in [1.54, 1.807) is 0 Å². The maximum absolute atomic E-state index is 4.91. The standard InChI is InChI=1S/C41H28N2/c1-2-38-42-36-18-5-6-19-37(36)43(38)29-24-22-26(23-25-29)30-14-9-17-35-34-16-8-11-28-21-20-27-10-7-15-32(39(27)40(28)34)31-12-3-4-13-33(31)41(30)35/h3-25H,2H2,1H3. The van der Waals surface area contributed by atoms with Crippen molar-refractivity contribution in [1.29, 1.82) is 0 Å². The molecule has 0 aliphatic rings. The van der Waals surface area contributed by atoms with Gasteiger partial charge >= 0.3 is 0 Å². The number of fused-ring (bicyclic) bond motifs is 6. The molecule has 2 nitrogen and oxygen atoms in total. The Labute approximate surface area is 249 Å². The lowest BCUT2D eigenvalue weighted by Crippen LogP contribution is -1.99. The molecule has 0 aliphatic carbocycles. The molecule has 0 fully saturated rings. The smallest absolute Gasteiger partial charge is 0.114 e. The molecule has 0 N–H and O–H groups in total. The first kappa shape index (κ1) is 24.2. The van der Waals surface area contributed by atoms with Crippen LogP contribution in [0.3, 0.4) is 0 Å². The number of nitrogens with zero attached hydrogens (tertiary/aromatic N) is 2. The molecular weight excluding hydrogens is 520 g/mol. The first-order chi connectivity index (χ1) is 21.3. The van der Waals surface area contributed by atoms with Crippen LogP contribution in [-0.4, -0.2) is 9.55 Å². The molecule has 9 aromatic rings. The van der Waals surface area contributed by atoms with E-state index < -0.39 is 0 Å². The van der Waals surface area contributed by atoms with Crippen molar-refractivity contribution in [2.75, 3.05) is 0 Å². The fourth-order valence-corrected chi connectivity index (χ4v) is 7.24. The van der Waals surface area contributed by atoms with Crippen molar-refractivity contribution in [2.45, 2.75) is 13.3 Å². The van der Waals surface area contributed by atoms with Crippen molar-refractivity contribution < 1.29 is 0 Å². The molecule has 0 aliphatic heterocycles. The third-order valence-electron chi connectivity index (χ3n) is 9.11. The summed E-state index contributed by atoms with van der Waals surface area (Å²) in [5.74, 6) is 1.08. The largest absolute Gasteiger partial charge is 0.296 e. The Hall–Kier alpha value is -5.47. The third-order valence-corrected chi connectivity index (χ3v) is 9.11. The number of hydrogen-bond donors (Lipinski definition) is 0. The molecule has 2 heteroatoms. The second-order valence-electron chi connectivity index (χ2n) is 11.4. The molecule has 0 radical (unpaired) electrons. The van der Waals surface area contributed by atoms with Crippen LogP contribution in [0.15, 0.2) is 140 Å². The summed E-state index contributed by atoms with van der Waals surface area (Å²) in [7, 11) is 0. The van der Waals surface area contributed by atoms with Crippen LogP contribution in [0.25, 0.3) is 81.7 Å². The minimum Gasteiger partial charge on any atom is -0.296 e. The lowest BCUT2D eigenvalue weighted by molar-refractivity contribution is 0.908. The van der Waals surface area contributed by atoms with Gasteiger partial charge in [-0.25, -0.2) is 4.98 Å². The monoisotopic (exact) mass is 548 g/mol. The zero-order chi connectivity index (χ0) is 28.5. The number of aromatic nitrogens is 2. The van der Waals surface area contributed by atoms with Crippen LogP contribution in [-0.2, 0) is 6.42 Å². The fraction of sp³-hybridized carbons (Fsp3) is 0.0488. The van der Waals surface area contributed by atoms with E-state index in [4.69, 9.17) is 4.98 Å². The highest BCUT2D eigenvalue weighted by Crippen LogP contribution is 2.42. The van der Waals surface area contributed by atoms with E-state index >= 15 is 0 Å². The number of para-hydroxylation sites is 2. The predicted molar refractivity (Wildman–Crippen MR) is 183 cm³/mol. The molecule has 0 spiro atoms. The SMILES string of the molecule is CCc1nc2ccccc2n1-c1ccc(-c2cccc3c4cccc5ccc6cccc(c7ccccc7c23)c6c54)cc1. The quantitative estimate of drug-likeness (QED) is 0.201. The molecule has 43 heavy (non-hydrogen) atoms. The molecule has 8 aromatic carbocycles. The first-order valence-corrected chi connectivity index (χ1v) is 15.0. The molecular formula is C41H28N2.